The highest BCUT2D eigenvalue weighted by Gasteiger charge is 2.15. The van der Waals surface area contributed by atoms with E-state index in [1.807, 2.05) is 24.3 Å². The summed E-state index contributed by atoms with van der Waals surface area (Å²) in [6.07, 6.45) is 0. The van der Waals surface area contributed by atoms with E-state index < -0.39 is 6.61 Å². The van der Waals surface area contributed by atoms with Gasteiger partial charge < -0.3 is 23.5 Å². The van der Waals surface area contributed by atoms with E-state index >= 15 is 0 Å². The maximum absolute atomic E-state index is 12.4. The minimum absolute atomic E-state index is 0.0626. The summed E-state index contributed by atoms with van der Waals surface area (Å²) in [5.74, 6) is 3.67. The molecule has 1 heterocycles. The fourth-order valence-electron chi connectivity index (χ4n) is 2.48. The zero-order chi connectivity index (χ0) is 21.3. The predicted molar refractivity (Wildman–Crippen MR) is 108 cm³/mol. The van der Waals surface area contributed by atoms with E-state index in [9.17, 15) is 8.78 Å². The summed E-state index contributed by atoms with van der Waals surface area (Å²) in [7, 11) is 2.98. The van der Waals surface area contributed by atoms with Gasteiger partial charge in [-0.2, -0.15) is 13.8 Å². The summed E-state index contributed by atoms with van der Waals surface area (Å²) in [5.41, 5.74) is 0.566. The fourth-order valence-corrected chi connectivity index (χ4v) is 3.12. The normalized spacial score (nSPS) is 10.8. The van der Waals surface area contributed by atoms with E-state index in [1.54, 1.807) is 24.9 Å². The molecule has 0 atom stereocenters. The standard InChI is InChI=1S/C20H20F2N2O5S/c1-25-14-4-6-15(7-5-14)27-9-10-30-12-18-23-19(24-29-18)13-3-8-16(28-20(21)22)17(11-13)26-2/h3-8,11,20H,9-10,12H2,1-2H3. The molecule has 7 nitrogen and oxygen atoms in total. The van der Waals surface area contributed by atoms with Crippen molar-refractivity contribution in [1.82, 2.24) is 10.1 Å². The number of methoxy groups -OCH3 is 2. The van der Waals surface area contributed by atoms with Crippen LogP contribution >= 0.6 is 11.8 Å². The number of aromatic nitrogens is 2. The number of benzene rings is 2. The van der Waals surface area contributed by atoms with E-state index in [0.717, 1.165) is 17.3 Å². The SMILES string of the molecule is COc1ccc(OCCSCc2nc(-c3ccc(OC(F)F)c(OC)c3)no2)cc1. The molecule has 1 aromatic heterocycles. The molecule has 30 heavy (non-hydrogen) atoms. The molecule has 3 aromatic rings. The quantitative estimate of drug-likeness (QED) is 0.400. The van der Waals surface area contributed by atoms with Gasteiger partial charge in [0.1, 0.15) is 11.5 Å². The molecule has 0 saturated carbocycles. The van der Waals surface area contributed by atoms with Crippen molar-refractivity contribution in [3.63, 3.8) is 0 Å². The third-order valence-electron chi connectivity index (χ3n) is 3.89. The first-order chi connectivity index (χ1) is 14.6. The highest BCUT2D eigenvalue weighted by molar-refractivity contribution is 7.98. The lowest BCUT2D eigenvalue weighted by Crippen LogP contribution is -2.03. The van der Waals surface area contributed by atoms with E-state index in [0.29, 0.717) is 29.6 Å². The van der Waals surface area contributed by atoms with E-state index in [-0.39, 0.29) is 11.5 Å². The van der Waals surface area contributed by atoms with Crippen molar-refractivity contribution in [2.75, 3.05) is 26.6 Å². The van der Waals surface area contributed by atoms with Gasteiger partial charge in [0, 0.05) is 11.3 Å². The van der Waals surface area contributed by atoms with E-state index in [4.69, 9.17) is 18.7 Å². The molecule has 2 aromatic carbocycles. The van der Waals surface area contributed by atoms with Gasteiger partial charge in [0.2, 0.25) is 11.7 Å². The molecule has 0 amide bonds. The van der Waals surface area contributed by atoms with Crippen molar-refractivity contribution in [1.29, 1.82) is 0 Å². The minimum Gasteiger partial charge on any atom is -0.497 e. The van der Waals surface area contributed by atoms with Crippen LogP contribution < -0.4 is 18.9 Å². The summed E-state index contributed by atoms with van der Waals surface area (Å²) in [4.78, 5) is 4.32. The molecule has 0 aliphatic heterocycles. The van der Waals surface area contributed by atoms with Crippen LogP contribution in [0.2, 0.25) is 0 Å². The Morgan fingerprint density at radius 3 is 2.47 bits per heavy atom. The van der Waals surface area contributed by atoms with Crippen molar-refractivity contribution in [2.24, 2.45) is 0 Å². The molecule has 0 N–H and O–H groups in total. The van der Waals surface area contributed by atoms with Crippen LogP contribution in [-0.2, 0) is 5.75 Å². The fraction of sp³-hybridized carbons (Fsp3) is 0.300. The van der Waals surface area contributed by atoms with Crippen LogP contribution in [0.5, 0.6) is 23.0 Å². The molecule has 0 spiro atoms. The second kappa shape index (κ2) is 10.7. The summed E-state index contributed by atoms with van der Waals surface area (Å²) in [6.45, 7) is -2.41. The molecule has 0 radical (unpaired) electrons. The highest BCUT2D eigenvalue weighted by Crippen LogP contribution is 2.32. The summed E-state index contributed by atoms with van der Waals surface area (Å²) >= 11 is 1.58. The van der Waals surface area contributed by atoms with Crippen LogP contribution in [0, 0.1) is 0 Å². The molecule has 3 rings (SSSR count). The Bertz CT molecular complexity index is 937. The number of rotatable bonds is 11. The maximum Gasteiger partial charge on any atom is 0.387 e. The molecular weight excluding hydrogens is 418 g/mol. The molecule has 0 fully saturated rings. The van der Waals surface area contributed by atoms with Gasteiger partial charge in [0.15, 0.2) is 11.5 Å². The average Bonchev–Trinajstić information content (AvgIpc) is 3.23. The van der Waals surface area contributed by atoms with Gasteiger partial charge in [-0.25, -0.2) is 0 Å². The van der Waals surface area contributed by atoms with Gasteiger partial charge in [-0.3, -0.25) is 0 Å². The van der Waals surface area contributed by atoms with Crippen molar-refractivity contribution in [3.8, 4) is 34.4 Å². The van der Waals surface area contributed by atoms with Gasteiger partial charge in [-0.15, -0.1) is 11.8 Å². The van der Waals surface area contributed by atoms with Gasteiger partial charge >= 0.3 is 6.61 Å². The zero-order valence-electron chi connectivity index (χ0n) is 16.3. The Labute approximate surface area is 176 Å². The van der Waals surface area contributed by atoms with Crippen molar-refractivity contribution < 1.29 is 32.3 Å². The first-order valence-corrected chi connectivity index (χ1v) is 10.0. The molecule has 160 valence electrons. The Kier molecular flexibility index (Phi) is 7.72. The van der Waals surface area contributed by atoms with Gasteiger partial charge in [-0.05, 0) is 42.5 Å². The number of halogens is 2. The average molecular weight is 438 g/mol. The van der Waals surface area contributed by atoms with Gasteiger partial charge in [-0.1, -0.05) is 5.16 Å². The first-order valence-electron chi connectivity index (χ1n) is 8.89. The van der Waals surface area contributed by atoms with E-state index in [2.05, 4.69) is 14.9 Å². The molecule has 0 unspecified atom stereocenters. The van der Waals surface area contributed by atoms with Crippen LogP contribution in [0.4, 0.5) is 8.78 Å². The highest BCUT2D eigenvalue weighted by atomic mass is 32.2. The van der Waals surface area contributed by atoms with Crippen LogP contribution in [-0.4, -0.2) is 43.3 Å². The molecule has 10 heteroatoms. The van der Waals surface area contributed by atoms with Crippen LogP contribution in [0.15, 0.2) is 47.0 Å². The summed E-state index contributed by atoms with van der Waals surface area (Å²) in [6, 6.07) is 11.8. The number of hydrogen-bond donors (Lipinski definition) is 0. The monoisotopic (exact) mass is 438 g/mol. The Morgan fingerprint density at radius 1 is 1.00 bits per heavy atom. The Balaban J connectivity index is 1.48. The molecule has 0 aliphatic rings. The van der Waals surface area contributed by atoms with Crippen LogP contribution in [0.3, 0.4) is 0 Å². The van der Waals surface area contributed by atoms with Crippen molar-refractivity contribution in [3.05, 3.63) is 48.4 Å². The number of ether oxygens (including phenoxy) is 4. The Hall–Kier alpha value is -3.01. The number of nitrogens with zero attached hydrogens (tertiary/aromatic N) is 2. The zero-order valence-corrected chi connectivity index (χ0v) is 17.2. The Morgan fingerprint density at radius 2 is 1.77 bits per heavy atom. The molecular formula is C20H20F2N2O5S. The van der Waals surface area contributed by atoms with Gasteiger partial charge in [0.25, 0.3) is 0 Å². The van der Waals surface area contributed by atoms with Crippen LogP contribution in [0.1, 0.15) is 5.89 Å². The largest absolute Gasteiger partial charge is 0.497 e. The summed E-state index contributed by atoms with van der Waals surface area (Å²) in [5, 5.41) is 3.93. The smallest absolute Gasteiger partial charge is 0.387 e. The number of thioether (sulfide) groups is 1. The van der Waals surface area contributed by atoms with Crippen LogP contribution in [0.25, 0.3) is 11.4 Å². The third-order valence-corrected chi connectivity index (χ3v) is 4.79. The maximum atomic E-state index is 12.4. The lowest BCUT2D eigenvalue weighted by atomic mass is 10.2. The lowest BCUT2D eigenvalue weighted by molar-refractivity contribution is -0.0512. The minimum atomic E-state index is -2.94. The van der Waals surface area contributed by atoms with E-state index in [1.165, 1.54) is 19.2 Å². The molecule has 0 aliphatic carbocycles. The summed E-state index contributed by atoms with van der Waals surface area (Å²) < 4.78 is 50.4. The second-order valence-electron chi connectivity index (χ2n) is 5.83. The first kappa shape index (κ1) is 21.7. The predicted octanol–water partition coefficient (Wildman–Crippen LogP) is 4.67. The molecule has 0 saturated heterocycles. The second-order valence-corrected chi connectivity index (χ2v) is 6.94. The van der Waals surface area contributed by atoms with Crippen molar-refractivity contribution >= 4 is 11.8 Å². The number of alkyl halides is 2. The lowest BCUT2D eigenvalue weighted by Gasteiger charge is -2.10. The third kappa shape index (κ3) is 5.99. The van der Waals surface area contributed by atoms with Gasteiger partial charge in [0.05, 0.1) is 26.6 Å². The van der Waals surface area contributed by atoms with Crippen molar-refractivity contribution in [2.45, 2.75) is 12.4 Å². The topological polar surface area (TPSA) is 75.8 Å². The number of hydrogen-bond acceptors (Lipinski definition) is 8. The molecule has 0 bridgehead atoms.